The number of para-hydroxylation sites is 1. The Hall–Kier alpha value is -2.43. The highest BCUT2D eigenvalue weighted by Crippen LogP contribution is 2.37. The number of hydrogen-bond acceptors (Lipinski definition) is 4. The van der Waals surface area contributed by atoms with Gasteiger partial charge in [-0.1, -0.05) is 60.7 Å². The van der Waals surface area contributed by atoms with E-state index in [4.69, 9.17) is 8.92 Å². The van der Waals surface area contributed by atoms with Crippen LogP contribution in [0.15, 0.2) is 72.8 Å². The fourth-order valence-electron chi connectivity index (χ4n) is 2.70. The predicted molar refractivity (Wildman–Crippen MR) is 97.7 cm³/mol. The van der Waals surface area contributed by atoms with Crippen LogP contribution in [-0.2, 0) is 13.2 Å². The van der Waals surface area contributed by atoms with Gasteiger partial charge in [0.05, 0.1) is 0 Å². The van der Waals surface area contributed by atoms with E-state index in [0.717, 1.165) is 34.7 Å². The standard InChI is InChI=1S/C20H17NO2S/c1-2-5-15(6-3-1)14-22-18-11-9-16(10-12-18)19-8-4-7-17-13-21-24-23-20(17)19/h1-12,21H,13-14H2. The van der Waals surface area contributed by atoms with Crippen molar-refractivity contribution in [1.29, 1.82) is 0 Å². The van der Waals surface area contributed by atoms with Crippen molar-refractivity contribution < 1.29 is 8.92 Å². The van der Waals surface area contributed by atoms with Gasteiger partial charge >= 0.3 is 0 Å². The van der Waals surface area contributed by atoms with Crippen LogP contribution in [-0.4, -0.2) is 0 Å². The molecule has 3 nitrogen and oxygen atoms in total. The van der Waals surface area contributed by atoms with Gasteiger partial charge in [-0.15, -0.1) is 0 Å². The molecule has 1 N–H and O–H groups in total. The van der Waals surface area contributed by atoms with Gasteiger partial charge in [-0.25, -0.2) is 4.72 Å². The smallest absolute Gasteiger partial charge is 0.151 e. The molecule has 0 saturated carbocycles. The topological polar surface area (TPSA) is 30.5 Å². The van der Waals surface area contributed by atoms with Crippen LogP contribution in [0.3, 0.4) is 0 Å². The van der Waals surface area contributed by atoms with Crippen LogP contribution >= 0.6 is 12.2 Å². The van der Waals surface area contributed by atoms with Crippen molar-refractivity contribution >= 4 is 12.2 Å². The normalized spacial score (nSPS) is 13.0. The molecule has 0 saturated heterocycles. The van der Waals surface area contributed by atoms with Crippen LogP contribution in [0, 0.1) is 0 Å². The molecule has 4 rings (SSSR count). The first kappa shape index (κ1) is 15.1. The molecule has 0 spiro atoms. The molecule has 24 heavy (non-hydrogen) atoms. The molecule has 0 fully saturated rings. The number of benzene rings is 3. The molecule has 0 amide bonds. The number of nitrogens with one attached hydrogen (secondary N) is 1. The Kier molecular flexibility index (Phi) is 4.40. The maximum absolute atomic E-state index is 5.85. The fourth-order valence-corrected chi connectivity index (χ4v) is 3.25. The van der Waals surface area contributed by atoms with Gasteiger partial charge in [-0.2, -0.15) is 0 Å². The van der Waals surface area contributed by atoms with Gasteiger partial charge < -0.3 is 8.92 Å². The number of fused-ring (bicyclic) bond motifs is 1. The Labute approximate surface area is 146 Å². The SMILES string of the molecule is c1ccc(COc2ccc(-c3cccc4c3OSNC4)cc2)cc1. The third kappa shape index (κ3) is 3.25. The molecule has 1 aliphatic rings. The molecule has 120 valence electrons. The largest absolute Gasteiger partial charge is 0.489 e. The molecule has 4 heteroatoms. The molecule has 1 aliphatic heterocycles. The maximum atomic E-state index is 5.85. The Morgan fingerprint density at radius 2 is 1.75 bits per heavy atom. The van der Waals surface area contributed by atoms with Gasteiger partial charge in [0.25, 0.3) is 0 Å². The van der Waals surface area contributed by atoms with E-state index in [9.17, 15) is 0 Å². The molecule has 0 aliphatic carbocycles. The molecule has 0 bridgehead atoms. The zero-order chi connectivity index (χ0) is 16.2. The summed E-state index contributed by atoms with van der Waals surface area (Å²) in [7, 11) is 0. The Morgan fingerprint density at radius 3 is 2.58 bits per heavy atom. The van der Waals surface area contributed by atoms with Gasteiger partial charge in [0.15, 0.2) is 5.75 Å². The molecule has 0 atom stereocenters. The second-order valence-electron chi connectivity index (χ2n) is 5.58. The summed E-state index contributed by atoms with van der Waals surface area (Å²) in [5.74, 6) is 1.81. The summed E-state index contributed by atoms with van der Waals surface area (Å²) < 4.78 is 14.7. The van der Waals surface area contributed by atoms with Gasteiger partial charge in [0, 0.05) is 17.7 Å². The van der Waals surface area contributed by atoms with Crippen LogP contribution in [0.4, 0.5) is 0 Å². The average Bonchev–Trinajstić information content (AvgIpc) is 2.67. The van der Waals surface area contributed by atoms with E-state index >= 15 is 0 Å². The van der Waals surface area contributed by atoms with Gasteiger partial charge in [0.1, 0.15) is 24.6 Å². The lowest BCUT2D eigenvalue weighted by atomic mass is 10.0. The highest BCUT2D eigenvalue weighted by Gasteiger charge is 2.16. The molecule has 3 aromatic carbocycles. The highest BCUT2D eigenvalue weighted by molar-refractivity contribution is 7.93. The van der Waals surface area contributed by atoms with Crippen molar-refractivity contribution in [1.82, 2.24) is 4.72 Å². The summed E-state index contributed by atoms with van der Waals surface area (Å²) in [5.41, 5.74) is 4.57. The van der Waals surface area contributed by atoms with Crippen LogP contribution in [0.1, 0.15) is 11.1 Å². The Bertz CT molecular complexity index is 819. The monoisotopic (exact) mass is 335 g/mol. The van der Waals surface area contributed by atoms with Crippen molar-refractivity contribution in [3.63, 3.8) is 0 Å². The van der Waals surface area contributed by atoms with E-state index in [1.165, 1.54) is 17.8 Å². The average molecular weight is 335 g/mol. The minimum absolute atomic E-state index is 0.576. The second kappa shape index (κ2) is 6.99. The first-order chi connectivity index (χ1) is 11.9. The minimum Gasteiger partial charge on any atom is -0.489 e. The molecule has 0 radical (unpaired) electrons. The summed E-state index contributed by atoms with van der Waals surface area (Å²) in [4.78, 5) is 0. The van der Waals surface area contributed by atoms with Crippen LogP contribution < -0.4 is 13.6 Å². The third-order valence-electron chi connectivity index (χ3n) is 3.96. The molecular formula is C20H17NO2S. The van der Waals surface area contributed by atoms with Crippen LogP contribution in [0.2, 0.25) is 0 Å². The fraction of sp³-hybridized carbons (Fsp3) is 0.100. The minimum atomic E-state index is 0.576. The number of rotatable bonds is 4. The van der Waals surface area contributed by atoms with Gasteiger partial charge in [-0.05, 0) is 23.3 Å². The summed E-state index contributed by atoms with van der Waals surface area (Å²) in [6, 6.07) is 24.6. The van der Waals surface area contributed by atoms with E-state index in [-0.39, 0.29) is 0 Å². The highest BCUT2D eigenvalue weighted by atomic mass is 32.2. The van der Waals surface area contributed by atoms with Crippen molar-refractivity contribution in [2.75, 3.05) is 0 Å². The molecule has 1 heterocycles. The summed E-state index contributed by atoms with van der Waals surface area (Å²) in [6.07, 6.45) is 0. The Morgan fingerprint density at radius 1 is 0.917 bits per heavy atom. The van der Waals surface area contributed by atoms with E-state index < -0.39 is 0 Å². The van der Waals surface area contributed by atoms with E-state index in [2.05, 4.69) is 47.2 Å². The second-order valence-corrected chi connectivity index (χ2v) is 6.20. The molecular weight excluding hydrogens is 318 g/mol. The summed E-state index contributed by atoms with van der Waals surface area (Å²) in [5, 5.41) is 0. The van der Waals surface area contributed by atoms with Crippen LogP contribution in [0.25, 0.3) is 11.1 Å². The third-order valence-corrected chi connectivity index (χ3v) is 4.47. The summed E-state index contributed by atoms with van der Waals surface area (Å²) >= 11 is 1.28. The first-order valence-corrected chi connectivity index (χ1v) is 8.60. The number of ether oxygens (including phenoxy) is 1. The lowest BCUT2D eigenvalue weighted by Crippen LogP contribution is -2.12. The molecule has 3 aromatic rings. The van der Waals surface area contributed by atoms with Crippen molar-refractivity contribution in [2.24, 2.45) is 0 Å². The zero-order valence-electron chi connectivity index (χ0n) is 13.1. The van der Waals surface area contributed by atoms with E-state index in [1.54, 1.807) is 0 Å². The van der Waals surface area contributed by atoms with Gasteiger partial charge in [0.2, 0.25) is 0 Å². The van der Waals surface area contributed by atoms with E-state index in [1.807, 2.05) is 30.3 Å². The lowest BCUT2D eigenvalue weighted by Gasteiger charge is -2.19. The van der Waals surface area contributed by atoms with Crippen molar-refractivity contribution in [3.05, 3.63) is 83.9 Å². The molecule has 0 aromatic heterocycles. The van der Waals surface area contributed by atoms with Crippen molar-refractivity contribution in [3.8, 4) is 22.6 Å². The summed E-state index contributed by atoms with van der Waals surface area (Å²) in [6.45, 7) is 1.39. The molecule has 0 unspecified atom stereocenters. The predicted octanol–water partition coefficient (Wildman–Crippen LogP) is 4.98. The van der Waals surface area contributed by atoms with Crippen LogP contribution in [0.5, 0.6) is 11.5 Å². The van der Waals surface area contributed by atoms with Gasteiger partial charge in [-0.3, -0.25) is 0 Å². The quantitative estimate of drug-likeness (QED) is 0.538. The van der Waals surface area contributed by atoms with E-state index in [0.29, 0.717) is 6.61 Å². The maximum Gasteiger partial charge on any atom is 0.151 e. The van der Waals surface area contributed by atoms with Crippen molar-refractivity contribution in [2.45, 2.75) is 13.2 Å². The lowest BCUT2D eigenvalue weighted by molar-refractivity contribution is 0.306. The first-order valence-electron chi connectivity index (χ1n) is 7.85. The number of hydrogen-bond donors (Lipinski definition) is 1. The Balaban J connectivity index is 1.52. The zero-order valence-corrected chi connectivity index (χ0v) is 13.9.